The van der Waals surface area contributed by atoms with Gasteiger partial charge in [0.1, 0.15) is 17.2 Å². The Labute approximate surface area is 153 Å². The first-order chi connectivity index (χ1) is 12.2. The van der Waals surface area contributed by atoms with Gasteiger partial charge in [0.15, 0.2) is 12.3 Å². The van der Waals surface area contributed by atoms with Crippen molar-refractivity contribution in [3.8, 4) is 5.75 Å². The molecule has 2 rings (SSSR count). The molecule has 1 atom stereocenters. The zero-order valence-electron chi connectivity index (χ0n) is 15.3. The zero-order valence-corrected chi connectivity index (χ0v) is 16.1. The summed E-state index contributed by atoms with van der Waals surface area (Å²) in [5, 5.41) is 2.73. The first kappa shape index (κ1) is 20.0. The minimum atomic E-state index is -3.70. The Morgan fingerprint density at radius 1 is 1.31 bits per heavy atom. The van der Waals surface area contributed by atoms with Gasteiger partial charge in [-0.15, -0.1) is 0 Å². The van der Waals surface area contributed by atoms with Gasteiger partial charge >= 0.3 is 0 Å². The van der Waals surface area contributed by atoms with Gasteiger partial charge in [0.2, 0.25) is 10.0 Å². The molecule has 0 aliphatic rings. The van der Waals surface area contributed by atoms with Crippen molar-refractivity contribution in [3.05, 3.63) is 42.4 Å². The van der Waals surface area contributed by atoms with Crippen LogP contribution < -0.4 is 15.0 Å². The minimum Gasteiger partial charge on any atom is -0.495 e. The third-order valence-electron chi connectivity index (χ3n) is 3.72. The first-order valence-electron chi connectivity index (χ1n) is 7.98. The van der Waals surface area contributed by atoms with E-state index in [9.17, 15) is 13.2 Å². The van der Waals surface area contributed by atoms with E-state index in [4.69, 9.17) is 9.15 Å². The molecule has 1 heterocycles. The summed E-state index contributed by atoms with van der Waals surface area (Å²) in [5.74, 6) is 0.781. The highest BCUT2D eigenvalue weighted by Crippen LogP contribution is 2.28. The second-order valence-electron chi connectivity index (χ2n) is 6.09. The number of hydrogen-bond donors (Lipinski definition) is 2. The number of amides is 1. The highest BCUT2D eigenvalue weighted by atomic mass is 32.2. The average molecular weight is 382 g/mol. The van der Waals surface area contributed by atoms with Crippen LogP contribution in [0.2, 0.25) is 0 Å². The number of anilines is 1. The Hall–Kier alpha value is -2.36. The van der Waals surface area contributed by atoms with Crippen molar-refractivity contribution in [1.29, 1.82) is 0 Å². The summed E-state index contributed by atoms with van der Waals surface area (Å²) in [6.45, 7) is 0.784. The normalized spacial score (nSPS) is 12.8. The molecule has 2 aromatic rings. The number of likely N-dealkylation sites (N-methyl/N-ethyl adjacent to an activating group) is 1. The smallest absolute Gasteiger partial charge is 0.279 e. The number of methoxy groups -OCH3 is 1. The van der Waals surface area contributed by atoms with Crippen LogP contribution >= 0.6 is 0 Å². The van der Waals surface area contributed by atoms with Crippen molar-refractivity contribution in [2.24, 2.45) is 0 Å². The van der Waals surface area contributed by atoms with E-state index in [1.165, 1.54) is 33.3 Å². The van der Waals surface area contributed by atoms with E-state index in [-0.39, 0.29) is 23.1 Å². The number of quaternary nitrogens is 1. The number of sulfonamides is 1. The summed E-state index contributed by atoms with van der Waals surface area (Å²) in [7, 11) is 2.45. The highest BCUT2D eigenvalue weighted by molar-refractivity contribution is 7.89. The van der Waals surface area contributed by atoms with Gasteiger partial charge in [-0.25, -0.2) is 12.7 Å². The summed E-state index contributed by atoms with van der Waals surface area (Å²) in [6.07, 6.45) is 1.59. The fraction of sp³-hybridized carbons (Fsp3) is 0.353. The fourth-order valence-electron chi connectivity index (χ4n) is 2.41. The predicted molar refractivity (Wildman–Crippen MR) is 96.7 cm³/mol. The van der Waals surface area contributed by atoms with Gasteiger partial charge in [-0.2, -0.15) is 0 Å². The van der Waals surface area contributed by atoms with Gasteiger partial charge in [-0.1, -0.05) is 0 Å². The largest absolute Gasteiger partial charge is 0.495 e. The van der Waals surface area contributed by atoms with Gasteiger partial charge in [-0.3, -0.25) is 4.79 Å². The van der Waals surface area contributed by atoms with Crippen molar-refractivity contribution in [2.75, 3.05) is 40.1 Å². The molecule has 0 saturated carbocycles. The van der Waals surface area contributed by atoms with Crippen LogP contribution in [0.4, 0.5) is 5.69 Å². The molecule has 1 unspecified atom stereocenters. The number of hydrogen-bond acceptors (Lipinski definition) is 5. The van der Waals surface area contributed by atoms with Crippen molar-refractivity contribution < 1.29 is 27.3 Å². The lowest BCUT2D eigenvalue weighted by atomic mass is 10.3. The Morgan fingerprint density at radius 3 is 2.62 bits per heavy atom. The van der Waals surface area contributed by atoms with Gasteiger partial charge in [0, 0.05) is 19.8 Å². The van der Waals surface area contributed by atoms with E-state index in [1.807, 2.05) is 13.1 Å². The number of nitrogens with zero attached hydrogens (tertiary/aromatic N) is 1. The van der Waals surface area contributed by atoms with Crippen molar-refractivity contribution in [2.45, 2.75) is 11.4 Å². The molecule has 1 aromatic heterocycles. The molecule has 0 bridgehead atoms. The predicted octanol–water partition coefficient (Wildman–Crippen LogP) is 0.192. The SMILES string of the molecule is COc1ccc(NC(=O)C[NH+](C)Cc2ccco2)cc1S(=O)(=O)N(C)C. The maximum Gasteiger partial charge on any atom is 0.279 e. The number of carbonyl (C=O) groups excluding carboxylic acids is 1. The van der Waals surface area contributed by atoms with Crippen LogP contribution in [0.3, 0.4) is 0 Å². The molecular formula is C17H24N3O5S+. The Bertz CT molecular complexity index is 847. The third-order valence-corrected chi connectivity index (χ3v) is 5.56. The van der Waals surface area contributed by atoms with Crippen molar-refractivity contribution in [3.63, 3.8) is 0 Å². The van der Waals surface area contributed by atoms with Gasteiger partial charge in [-0.05, 0) is 30.3 Å². The number of furan rings is 1. The lowest BCUT2D eigenvalue weighted by molar-refractivity contribution is -0.886. The summed E-state index contributed by atoms with van der Waals surface area (Å²) in [4.78, 5) is 13.2. The summed E-state index contributed by atoms with van der Waals surface area (Å²) in [5.41, 5.74) is 0.391. The molecular weight excluding hydrogens is 358 g/mol. The number of rotatable bonds is 8. The van der Waals surface area contributed by atoms with Crippen LogP contribution in [0.5, 0.6) is 5.75 Å². The van der Waals surface area contributed by atoms with Gasteiger partial charge in [0.25, 0.3) is 5.91 Å². The van der Waals surface area contributed by atoms with Gasteiger partial charge < -0.3 is 19.4 Å². The monoisotopic (exact) mass is 382 g/mol. The molecule has 8 nitrogen and oxygen atoms in total. The minimum absolute atomic E-state index is 0.000845. The van der Waals surface area contributed by atoms with E-state index >= 15 is 0 Å². The topological polar surface area (TPSA) is 93.3 Å². The summed E-state index contributed by atoms with van der Waals surface area (Å²) in [6, 6.07) is 8.17. The quantitative estimate of drug-likeness (QED) is 0.680. The standard InChI is InChI=1S/C17H23N3O5S/c1-19(2)26(22,23)16-10-13(7-8-15(16)24-4)18-17(21)12-20(3)11-14-6-5-9-25-14/h5-10H,11-12H2,1-4H3,(H,18,21)/p+1. The molecule has 2 N–H and O–H groups in total. The molecule has 0 aliphatic heterocycles. The third kappa shape index (κ3) is 4.84. The molecule has 0 fully saturated rings. The molecule has 0 radical (unpaired) electrons. The summed E-state index contributed by atoms with van der Waals surface area (Å²) >= 11 is 0. The molecule has 1 amide bonds. The Kier molecular flexibility index (Phi) is 6.41. The molecule has 26 heavy (non-hydrogen) atoms. The Morgan fingerprint density at radius 2 is 2.04 bits per heavy atom. The molecule has 1 aromatic carbocycles. The molecule has 0 aliphatic carbocycles. The molecule has 0 saturated heterocycles. The van der Waals surface area contributed by atoms with E-state index in [0.29, 0.717) is 12.2 Å². The second-order valence-corrected chi connectivity index (χ2v) is 8.21. The maximum atomic E-state index is 12.4. The van der Waals surface area contributed by atoms with Crippen LogP contribution in [-0.4, -0.2) is 53.4 Å². The lowest BCUT2D eigenvalue weighted by Gasteiger charge is -2.16. The number of nitrogens with one attached hydrogen (secondary N) is 2. The second kappa shape index (κ2) is 8.35. The van der Waals surface area contributed by atoms with Crippen LogP contribution in [0.1, 0.15) is 5.76 Å². The number of ether oxygens (including phenoxy) is 1. The van der Waals surface area contributed by atoms with E-state index in [2.05, 4.69) is 5.32 Å². The van der Waals surface area contributed by atoms with E-state index < -0.39 is 10.0 Å². The number of benzene rings is 1. The number of carbonyl (C=O) groups is 1. The lowest BCUT2D eigenvalue weighted by Crippen LogP contribution is -3.08. The van der Waals surface area contributed by atoms with Gasteiger partial charge in [0.05, 0.1) is 20.4 Å². The van der Waals surface area contributed by atoms with E-state index in [0.717, 1.165) is 15.0 Å². The Balaban J connectivity index is 2.10. The molecule has 9 heteroatoms. The van der Waals surface area contributed by atoms with Crippen molar-refractivity contribution in [1.82, 2.24) is 4.31 Å². The fourth-order valence-corrected chi connectivity index (χ4v) is 3.48. The average Bonchev–Trinajstić information content (AvgIpc) is 3.07. The zero-order chi connectivity index (χ0) is 19.3. The van der Waals surface area contributed by atoms with Crippen LogP contribution in [0.25, 0.3) is 0 Å². The molecule has 142 valence electrons. The molecule has 0 spiro atoms. The van der Waals surface area contributed by atoms with Crippen LogP contribution in [0, 0.1) is 0 Å². The first-order valence-corrected chi connectivity index (χ1v) is 9.42. The maximum absolute atomic E-state index is 12.4. The summed E-state index contributed by atoms with van der Waals surface area (Å²) < 4.78 is 36.3. The highest BCUT2D eigenvalue weighted by Gasteiger charge is 2.23. The van der Waals surface area contributed by atoms with E-state index in [1.54, 1.807) is 18.4 Å². The van der Waals surface area contributed by atoms with Crippen LogP contribution in [0.15, 0.2) is 45.9 Å². The van der Waals surface area contributed by atoms with Crippen molar-refractivity contribution >= 4 is 21.6 Å². The van der Waals surface area contributed by atoms with Crippen LogP contribution in [-0.2, 0) is 21.4 Å².